The van der Waals surface area contributed by atoms with Crippen LogP contribution in [0.1, 0.15) is 38.5 Å². The predicted molar refractivity (Wildman–Crippen MR) is 80.9 cm³/mol. The molecule has 3 rings (SSSR count). The van der Waals surface area contributed by atoms with Crippen LogP contribution in [0, 0.1) is 5.92 Å². The molecule has 1 aromatic rings. The molecule has 0 unspecified atom stereocenters. The van der Waals surface area contributed by atoms with Crippen molar-refractivity contribution in [3.05, 3.63) is 0 Å². The van der Waals surface area contributed by atoms with E-state index in [-0.39, 0.29) is 0 Å². The molecule has 1 saturated carbocycles. The van der Waals surface area contributed by atoms with Crippen LogP contribution in [0.2, 0.25) is 0 Å². The van der Waals surface area contributed by atoms with Crippen molar-refractivity contribution in [2.75, 3.05) is 42.2 Å². The van der Waals surface area contributed by atoms with E-state index in [2.05, 4.69) is 24.8 Å². The Hall–Kier alpha value is -1.59. The third-order valence-corrected chi connectivity index (χ3v) is 4.37. The summed E-state index contributed by atoms with van der Waals surface area (Å²) >= 11 is 0. The topological polar surface area (TPSA) is 71.2 Å². The quantitative estimate of drug-likeness (QED) is 0.902. The Bertz CT molecular complexity index is 453. The van der Waals surface area contributed by atoms with E-state index < -0.39 is 0 Å². The lowest BCUT2D eigenvalue weighted by Crippen LogP contribution is -2.34. The fraction of sp³-hybridized carbons (Fsp3) is 0.786. The summed E-state index contributed by atoms with van der Waals surface area (Å²) in [4.78, 5) is 17.6. The van der Waals surface area contributed by atoms with Crippen molar-refractivity contribution >= 4 is 17.8 Å². The number of hydrogen-bond donors (Lipinski definition) is 1. The zero-order valence-corrected chi connectivity index (χ0v) is 12.3. The molecule has 0 atom stereocenters. The van der Waals surface area contributed by atoms with Crippen molar-refractivity contribution in [3.63, 3.8) is 0 Å². The average molecular weight is 276 g/mol. The summed E-state index contributed by atoms with van der Waals surface area (Å²) in [5, 5.41) is 0. The van der Waals surface area contributed by atoms with Gasteiger partial charge >= 0.3 is 0 Å². The van der Waals surface area contributed by atoms with Gasteiger partial charge in [0.25, 0.3) is 0 Å². The van der Waals surface area contributed by atoms with Gasteiger partial charge in [0.05, 0.1) is 0 Å². The van der Waals surface area contributed by atoms with Crippen LogP contribution in [-0.2, 0) is 0 Å². The second-order valence-corrected chi connectivity index (χ2v) is 6.02. The Kier molecular flexibility index (Phi) is 3.89. The number of anilines is 3. The molecule has 1 aromatic heterocycles. The van der Waals surface area contributed by atoms with E-state index in [0.29, 0.717) is 11.9 Å². The standard InChI is InChI=1S/C14H24N6/c1-19(10-11-6-5-7-11)13-16-12(15)17-14(18-13)20-8-3-2-4-9-20/h11H,2-10H2,1H3,(H2,15,16,17,18). The lowest BCUT2D eigenvalue weighted by molar-refractivity contribution is 0.320. The van der Waals surface area contributed by atoms with E-state index in [9.17, 15) is 0 Å². The molecule has 1 saturated heterocycles. The number of nitrogens with zero attached hydrogens (tertiary/aromatic N) is 5. The lowest BCUT2D eigenvalue weighted by Gasteiger charge is -2.31. The summed E-state index contributed by atoms with van der Waals surface area (Å²) in [6.07, 6.45) is 7.72. The monoisotopic (exact) mass is 276 g/mol. The van der Waals surface area contributed by atoms with Crippen LogP contribution in [0.5, 0.6) is 0 Å². The molecule has 0 radical (unpaired) electrons. The minimum atomic E-state index is 0.330. The first-order valence-electron chi connectivity index (χ1n) is 7.70. The molecule has 1 aliphatic heterocycles. The van der Waals surface area contributed by atoms with Crippen LogP contribution in [0.3, 0.4) is 0 Å². The van der Waals surface area contributed by atoms with Gasteiger partial charge in [0.15, 0.2) is 0 Å². The summed E-state index contributed by atoms with van der Waals surface area (Å²) in [6.45, 7) is 3.06. The van der Waals surface area contributed by atoms with Gasteiger partial charge in [-0.25, -0.2) is 0 Å². The number of nitrogens with two attached hydrogens (primary N) is 1. The Morgan fingerprint density at radius 1 is 1.10 bits per heavy atom. The molecule has 0 spiro atoms. The zero-order chi connectivity index (χ0) is 13.9. The third-order valence-electron chi connectivity index (χ3n) is 4.37. The molecule has 0 bridgehead atoms. The molecule has 20 heavy (non-hydrogen) atoms. The van der Waals surface area contributed by atoms with Crippen LogP contribution >= 0.6 is 0 Å². The number of rotatable bonds is 4. The smallest absolute Gasteiger partial charge is 0.231 e. The molecular formula is C14H24N6. The highest BCUT2D eigenvalue weighted by atomic mass is 15.3. The first kappa shape index (κ1) is 13.4. The molecule has 2 N–H and O–H groups in total. The normalized spacial score (nSPS) is 19.8. The van der Waals surface area contributed by atoms with Crippen molar-refractivity contribution in [3.8, 4) is 0 Å². The van der Waals surface area contributed by atoms with Crippen LogP contribution in [0.4, 0.5) is 17.8 Å². The summed E-state index contributed by atoms with van der Waals surface area (Å²) < 4.78 is 0. The largest absolute Gasteiger partial charge is 0.368 e. The maximum absolute atomic E-state index is 5.87. The van der Waals surface area contributed by atoms with Crippen molar-refractivity contribution in [2.24, 2.45) is 5.92 Å². The third kappa shape index (κ3) is 2.94. The molecule has 6 heteroatoms. The Morgan fingerprint density at radius 2 is 1.85 bits per heavy atom. The molecule has 0 aromatic carbocycles. The number of aromatic nitrogens is 3. The maximum atomic E-state index is 5.87. The van der Waals surface area contributed by atoms with Gasteiger partial charge < -0.3 is 15.5 Å². The minimum Gasteiger partial charge on any atom is -0.368 e. The SMILES string of the molecule is CN(CC1CCC1)c1nc(N)nc(N2CCCCC2)n1. The van der Waals surface area contributed by atoms with E-state index in [1.807, 2.05) is 7.05 Å². The first-order chi connectivity index (χ1) is 9.72. The highest BCUT2D eigenvalue weighted by Crippen LogP contribution is 2.28. The second-order valence-electron chi connectivity index (χ2n) is 6.02. The van der Waals surface area contributed by atoms with Gasteiger partial charge in [-0.05, 0) is 38.0 Å². The molecule has 1 aliphatic carbocycles. The van der Waals surface area contributed by atoms with Crippen molar-refractivity contribution < 1.29 is 0 Å². The van der Waals surface area contributed by atoms with Crippen LogP contribution in [0.25, 0.3) is 0 Å². The van der Waals surface area contributed by atoms with Crippen molar-refractivity contribution in [1.29, 1.82) is 0 Å². The first-order valence-corrected chi connectivity index (χ1v) is 7.70. The van der Waals surface area contributed by atoms with Crippen molar-refractivity contribution in [2.45, 2.75) is 38.5 Å². The molecule has 2 fully saturated rings. The van der Waals surface area contributed by atoms with Gasteiger partial charge in [0, 0.05) is 26.7 Å². The van der Waals surface area contributed by atoms with Crippen molar-refractivity contribution in [1.82, 2.24) is 15.0 Å². The van der Waals surface area contributed by atoms with Crippen LogP contribution in [0.15, 0.2) is 0 Å². The molecular weight excluding hydrogens is 252 g/mol. The highest BCUT2D eigenvalue weighted by molar-refractivity contribution is 5.43. The van der Waals surface area contributed by atoms with E-state index >= 15 is 0 Å². The van der Waals surface area contributed by atoms with Gasteiger partial charge in [0.1, 0.15) is 0 Å². The zero-order valence-electron chi connectivity index (χ0n) is 12.3. The van der Waals surface area contributed by atoms with E-state index in [0.717, 1.165) is 31.5 Å². The molecule has 2 heterocycles. The number of piperidine rings is 1. The van der Waals surface area contributed by atoms with Gasteiger partial charge in [-0.1, -0.05) is 6.42 Å². The molecule has 2 aliphatic rings. The fourth-order valence-electron chi connectivity index (χ4n) is 2.92. The Morgan fingerprint density at radius 3 is 2.50 bits per heavy atom. The van der Waals surface area contributed by atoms with Gasteiger partial charge in [0.2, 0.25) is 17.8 Å². The lowest BCUT2D eigenvalue weighted by atomic mass is 9.85. The molecule has 110 valence electrons. The summed E-state index contributed by atoms with van der Waals surface area (Å²) in [6, 6.07) is 0. The van der Waals surface area contributed by atoms with Gasteiger partial charge in [-0.15, -0.1) is 0 Å². The number of hydrogen-bond acceptors (Lipinski definition) is 6. The Balaban J connectivity index is 1.74. The number of nitrogen functional groups attached to an aromatic ring is 1. The van der Waals surface area contributed by atoms with E-state index in [4.69, 9.17) is 5.73 Å². The summed E-state index contributed by atoms with van der Waals surface area (Å²) in [7, 11) is 2.05. The van der Waals surface area contributed by atoms with Gasteiger partial charge in [-0.2, -0.15) is 15.0 Å². The van der Waals surface area contributed by atoms with Gasteiger partial charge in [-0.3, -0.25) is 0 Å². The van der Waals surface area contributed by atoms with Crippen LogP contribution in [-0.4, -0.2) is 41.6 Å². The fourth-order valence-corrected chi connectivity index (χ4v) is 2.92. The molecule has 0 amide bonds. The van der Waals surface area contributed by atoms with E-state index in [1.165, 1.54) is 38.5 Å². The minimum absolute atomic E-state index is 0.330. The summed E-state index contributed by atoms with van der Waals surface area (Å²) in [5.41, 5.74) is 5.87. The highest BCUT2D eigenvalue weighted by Gasteiger charge is 2.22. The molecule has 6 nitrogen and oxygen atoms in total. The average Bonchev–Trinajstić information content (AvgIpc) is 2.43. The van der Waals surface area contributed by atoms with Crippen LogP contribution < -0.4 is 15.5 Å². The maximum Gasteiger partial charge on any atom is 0.231 e. The second kappa shape index (κ2) is 5.81. The summed E-state index contributed by atoms with van der Waals surface area (Å²) in [5.74, 6) is 2.57. The predicted octanol–water partition coefficient (Wildman–Crippen LogP) is 1.68. The Labute approximate surface area is 120 Å². The van der Waals surface area contributed by atoms with E-state index in [1.54, 1.807) is 0 Å².